The Morgan fingerprint density at radius 3 is 2.19 bits per heavy atom. The Morgan fingerprint density at radius 2 is 1.90 bits per heavy atom. The Labute approximate surface area is 127 Å². The minimum Gasteiger partial charge on any atom is -0.755 e. The largest absolute Gasteiger partial charge is 0.755 e. The lowest BCUT2D eigenvalue weighted by molar-refractivity contribution is -0.138. The molecule has 0 saturated carbocycles. The number of aliphatic carboxylic acids is 1. The molecule has 4 N–H and O–H groups in total. The molecule has 21 heavy (non-hydrogen) atoms. The molecule has 0 heterocycles. The van der Waals surface area contributed by atoms with Crippen LogP contribution in [0.2, 0.25) is 0 Å². The van der Waals surface area contributed by atoms with Crippen molar-refractivity contribution in [1.82, 2.24) is 4.72 Å². The summed E-state index contributed by atoms with van der Waals surface area (Å²) in [5, 5.41) is 8.40. The second-order valence-corrected chi connectivity index (χ2v) is 6.21. The zero-order chi connectivity index (χ0) is 17.2. The number of nitrogens with two attached hydrogens (primary N) is 1. The standard InChI is InChI=1S/C7H15NO2.C5H11NO4S/c1-3-5(2)4-6(8)7(9)10;1-5(2,3)10-4(7)6-11(8)9/h5-6H,3-4,8H2,1-2H3,(H,9,10);1-3H3,(H,6,7)(H,8,9)/p-1/t5?,6-;/m0./s1. The molecule has 0 aromatic heterocycles. The van der Waals surface area contributed by atoms with E-state index in [1.165, 1.54) is 0 Å². The molecule has 0 fully saturated rings. The summed E-state index contributed by atoms with van der Waals surface area (Å²) in [6.07, 6.45) is 0.595. The highest BCUT2D eigenvalue weighted by atomic mass is 32.2. The number of amides is 1. The molecule has 9 heteroatoms. The van der Waals surface area contributed by atoms with E-state index in [0.717, 1.165) is 6.42 Å². The summed E-state index contributed by atoms with van der Waals surface area (Å²) in [5.41, 5.74) is 4.62. The molecule has 2 unspecified atom stereocenters. The lowest BCUT2D eigenvalue weighted by Crippen LogP contribution is -2.33. The van der Waals surface area contributed by atoms with Gasteiger partial charge >= 0.3 is 12.1 Å². The number of ether oxygens (including phenoxy) is 1. The average molecular weight is 325 g/mol. The summed E-state index contributed by atoms with van der Waals surface area (Å²) in [7, 11) is 0. The van der Waals surface area contributed by atoms with Crippen LogP contribution in [0.5, 0.6) is 0 Å². The number of carboxylic acids is 1. The fourth-order valence-corrected chi connectivity index (χ4v) is 1.25. The van der Waals surface area contributed by atoms with E-state index >= 15 is 0 Å². The number of rotatable bonds is 5. The zero-order valence-electron chi connectivity index (χ0n) is 13.0. The van der Waals surface area contributed by atoms with Crippen molar-refractivity contribution in [3.05, 3.63) is 0 Å². The molecule has 8 nitrogen and oxygen atoms in total. The van der Waals surface area contributed by atoms with Crippen LogP contribution < -0.4 is 10.5 Å². The van der Waals surface area contributed by atoms with Crippen molar-refractivity contribution in [3.8, 4) is 0 Å². The van der Waals surface area contributed by atoms with Gasteiger partial charge in [-0.15, -0.1) is 0 Å². The van der Waals surface area contributed by atoms with Crippen LogP contribution in [0.3, 0.4) is 0 Å². The van der Waals surface area contributed by atoms with Crippen LogP contribution in [0, 0.1) is 5.92 Å². The summed E-state index contributed by atoms with van der Waals surface area (Å²) >= 11 is -2.60. The Hall–Kier alpha value is -1.19. The van der Waals surface area contributed by atoms with Crippen molar-refractivity contribution in [2.45, 2.75) is 59.1 Å². The van der Waals surface area contributed by atoms with Crippen molar-refractivity contribution >= 4 is 23.3 Å². The van der Waals surface area contributed by atoms with E-state index < -0.39 is 35.0 Å². The molecule has 0 aromatic carbocycles. The predicted molar refractivity (Wildman–Crippen MR) is 78.0 cm³/mol. The summed E-state index contributed by atoms with van der Waals surface area (Å²) in [5.74, 6) is -0.494. The lowest BCUT2D eigenvalue weighted by atomic mass is 10.0. The number of carboxylic acid groups (broad SMARTS) is 1. The van der Waals surface area contributed by atoms with Crippen LogP contribution in [-0.2, 0) is 20.8 Å². The molecule has 0 aliphatic carbocycles. The lowest BCUT2D eigenvalue weighted by Gasteiger charge is -2.19. The first-order valence-electron chi connectivity index (χ1n) is 6.46. The smallest absolute Gasteiger partial charge is 0.418 e. The number of nitrogens with one attached hydrogen (secondary N) is 1. The van der Waals surface area contributed by atoms with Gasteiger partial charge in [0.1, 0.15) is 11.6 Å². The average Bonchev–Trinajstić information content (AvgIpc) is 2.25. The van der Waals surface area contributed by atoms with Crippen LogP contribution in [0.1, 0.15) is 47.5 Å². The summed E-state index contributed by atoms with van der Waals surface area (Å²) in [4.78, 5) is 20.8. The minimum absolute atomic E-state index is 0.408. The van der Waals surface area contributed by atoms with Gasteiger partial charge in [0.2, 0.25) is 0 Å². The minimum atomic E-state index is -2.60. The van der Waals surface area contributed by atoms with Gasteiger partial charge in [-0.1, -0.05) is 20.3 Å². The van der Waals surface area contributed by atoms with Crippen molar-refractivity contribution in [3.63, 3.8) is 0 Å². The Balaban J connectivity index is 0. The van der Waals surface area contributed by atoms with Crippen molar-refractivity contribution in [2.24, 2.45) is 11.7 Å². The zero-order valence-corrected chi connectivity index (χ0v) is 13.9. The third-order valence-corrected chi connectivity index (χ3v) is 2.57. The van der Waals surface area contributed by atoms with E-state index in [2.05, 4.69) is 4.74 Å². The monoisotopic (exact) mass is 325 g/mol. The van der Waals surface area contributed by atoms with Crippen LogP contribution in [0.15, 0.2) is 0 Å². The van der Waals surface area contributed by atoms with Gasteiger partial charge in [-0.2, -0.15) is 0 Å². The maximum Gasteiger partial charge on any atom is 0.418 e. The quantitative estimate of drug-likeness (QED) is 0.643. The van der Waals surface area contributed by atoms with E-state index in [0.29, 0.717) is 12.3 Å². The first-order chi connectivity index (χ1) is 9.38. The fourth-order valence-electron chi connectivity index (χ4n) is 1.07. The first kappa shape index (κ1) is 22.1. The fraction of sp³-hybridized carbons (Fsp3) is 0.833. The molecule has 0 saturated heterocycles. The van der Waals surface area contributed by atoms with E-state index in [1.807, 2.05) is 13.8 Å². The van der Waals surface area contributed by atoms with E-state index in [9.17, 15) is 18.4 Å². The van der Waals surface area contributed by atoms with Gasteiger partial charge in [0, 0.05) is 11.3 Å². The molecular formula is C12H25N2O6S-. The van der Waals surface area contributed by atoms with Crippen molar-refractivity contribution in [1.29, 1.82) is 0 Å². The predicted octanol–water partition coefficient (Wildman–Crippen LogP) is 1.14. The number of carbonyl (C=O) groups excluding carboxylic acids is 1. The Bertz CT molecular complexity index is 356. The summed E-state index contributed by atoms with van der Waals surface area (Å²) < 4.78 is 25.9. The summed E-state index contributed by atoms with van der Waals surface area (Å²) in [6, 6.07) is -0.685. The van der Waals surface area contributed by atoms with Crippen molar-refractivity contribution in [2.75, 3.05) is 0 Å². The van der Waals surface area contributed by atoms with Crippen LogP contribution >= 0.6 is 0 Å². The Kier molecular flexibility index (Phi) is 11.1. The van der Waals surface area contributed by atoms with E-state index in [4.69, 9.17) is 10.8 Å². The third-order valence-electron chi connectivity index (χ3n) is 2.24. The van der Waals surface area contributed by atoms with Gasteiger partial charge in [0.15, 0.2) is 0 Å². The molecule has 0 aliphatic rings. The van der Waals surface area contributed by atoms with Gasteiger partial charge in [0.05, 0.1) is 0 Å². The maximum atomic E-state index is 10.5. The van der Waals surface area contributed by atoms with Crippen LogP contribution in [0.4, 0.5) is 4.79 Å². The molecule has 3 atom stereocenters. The van der Waals surface area contributed by atoms with Gasteiger partial charge in [0.25, 0.3) is 0 Å². The molecule has 0 radical (unpaired) electrons. The second kappa shape index (κ2) is 10.5. The first-order valence-corrected chi connectivity index (χ1v) is 7.53. The highest BCUT2D eigenvalue weighted by molar-refractivity contribution is 7.77. The summed E-state index contributed by atoms with van der Waals surface area (Å²) in [6.45, 7) is 8.95. The molecule has 0 spiro atoms. The van der Waals surface area contributed by atoms with E-state index in [-0.39, 0.29) is 0 Å². The normalized spacial score (nSPS) is 15.0. The van der Waals surface area contributed by atoms with Gasteiger partial charge in [-0.05, 0) is 33.1 Å². The van der Waals surface area contributed by atoms with Crippen molar-refractivity contribution < 1.29 is 28.2 Å². The Morgan fingerprint density at radius 1 is 1.43 bits per heavy atom. The molecule has 0 bridgehead atoms. The highest BCUT2D eigenvalue weighted by Crippen LogP contribution is 2.08. The second-order valence-electron chi connectivity index (χ2n) is 5.53. The maximum absolute atomic E-state index is 10.5. The van der Waals surface area contributed by atoms with Gasteiger partial charge < -0.3 is 20.1 Å². The molecule has 1 amide bonds. The number of hydrogen-bond donors (Lipinski definition) is 3. The van der Waals surface area contributed by atoms with Gasteiger partial charge in [-0.3, -0.25) is 13.7 Å². The molecule has 0 aliphatic heterocycles. The number of carbonyl (C=O) groups is 2. The molecule has 126 valence electrons. The molecule has 0 rings (SSSR count). The SMILES string of the molecule is CC(C)(C)OC(=O)NS(=O)[O-].CCC(C)C[C@H](N)C(=O)O. The van der Waals surface area contributed by atoms with E-state index in [1.54, 1.807) is 25.5 Å². The number of hydrogen-bond acceptors (Lipinski definition) is 6. The van der Waals surface area contributed by atoms with Crippen LogP contribution in [0.25, 0.3) is 0 Å². The van der Waals surface area contributed by atoms with Crippen LogP contribution in [-0.4, -0.2) is 37.6 Å². The van der Waals surface area contributed by atoms with Gasteiger partial charge in [-0.25, -0.2) is 4.79 Å². The third kappa shape index (κ3) is 16.8. The molecular weight excluding hydrogens is 300 g/mol. The topological polar surface area (TPSA) is 142 Å². The molecule has 0 aromatic rings. The highest BCUT2D eigenvalue weighted by Gasteiger charge is 2.15.